The van der Waals surface area contributed by atoms with Crippen LogP contribution in [-0.4, -0.2) is 11.1 Å². The van der Waals surface area contributed by atoms with Crippen LogP contribution in [0.1, 0.15) is 23.5 Å². The first-order chi connectivity index (χ1) is 9.54. The number of carboxylic acids is 1. The van der Waals surface area contributed by atoms with Gasteiger partial charge in [-0.25, -0.2) is 4.39 Å². The smallest absolute Gasteiger partial charge is 0.303 e. The van der Waals surface area contributed by atoms with E-state index in [0.29, 0.717) is 11.4 Å². The summed E-state index contributed by atoms with van der Waals surface area (Å²) in [5.74, 6) is -1.31. The Labute approximate surface area is 121 Å². The Bertz CT molecular complexity index is 578. The molecular formula is C16H14ClFO2. The van der Waals surface area contributed by atoms with Gasteiger partial charge >= 0.3 is 5.97 Å². The van der Waals surface area contributed by atoms with Gasteiger partial charge in [-0.15, -0.1) is 0 Å². The molecule has 0 bridgehead atoms. The van der Waals surface area contributed by atoms with E-state index in [4.69, 9.17) is 16.7 Å². The predicted octanol–water partition coefficient (Wildman–Crippen LogP) is 4.28. The minimum Gasteiger partial charge on any atom is -0.481 e. The Kier molecular flexibility index (Phi) is 4.74. The van der Waals surface area contributed by atoms with Gasteiger partial charge in [0.25, 0.3) is 0 Å². The van der Waals surface area contributed by atoms with Crippen LogP contribution in [0.3, 0.4) is 0 Å². The highest BCUT2D eigenvalue weighted by atomic mass is 35.5. The second-order valence-electron chi connectivity index (χ2n) is 4.68. The standard InChI is InChI=1S/C16H14ClFO2/c17-14-5-3-12(4-6-14)13(10-16(19)20)9-11-1-7-15(18)8-2-11/h1-8,13H,9-10H2,(H,19,20). The fourth-order valence-corrected chi connectivity index (χ4v) is 2.28. The molecule has 0 aromatic heterocycles. The van der Waals surface area contributed by atoms with Crippen LogP contribution in [0.4, 0.5) is 4.39 Å². The van der Waals surface area contributed by atoms with Gasteiger partial charge in [-0.2, -0.15) is 0 Å². The lowest BCUT2D eigenvalue weighted by Gasteiger charge is -2.15. The van der Waals surface area contributed by atoms with E-state index in [9.17, 15) is 9.18 Å². The van der Waals surface area contributed by atoms with E-state index in [1.807, 2.05) is 12.1 Å². The van der Waals surface area contributed by atoms with Crippen LogP contribution in [0.15, 0.2) is 48.5 Å². The molecule has 2 aromatic carbocycles. The molecule has 1 unspecified atom stereocenters. The lowest BCUT2D eigenvalue weighted by atomic mass is 9.89. The average Bonchev–Trinajstić information content (AvgIpc) is 2.41. The minimum absolute atomic E-state index is 0.0268. The molecular weight excluding hydrogens is 279 g/mol. The molecule has 2 nitrogen and oxygen atoms in total. The zero-order valence-electron chi connectivity index (χ0n) is 10.7. The van der Waals surface area contributed by atoms with E-state index in [-0.39, 0.29) is 18.2 Å². The van der Waals surface area contributed by atoms with Crippen molar-refractivity contribution in [2.75, 3.05) is 0 Å². The second-order valence-corrected chi connectivity index (χ2v) is 5.11. The van der Waals surface area contributed by atoms with Gasteiger partial charge < -0.3 is 5.11 Å². The fourth-order valence-electron chi connectivity index (χ4n) is 2.16. The SMILES string of the molecule is O=C(O)CC(Cc1ccc(F)cc1)c1ccc(Cl)cc1. The highest BCUT2D eigenvalue weighted by Crippen LogP contribution is 2.26. The zero-order valence-corrected chi connectivity index (χ0v) is 11.5. The number of aliphatic carboxylic acids is 1. The Morgan fingerprint density at radius 1 is 1.10 bits per heavy atom. The molecule has 20 heavy (non-hydrogen) atoms. The van der Waals surface area contributed by atoms with E-state index >= 15 is 0 Å². The molecule has 2 aromatic rings. The van der Waals surface area contributed by atoms with Gasteiger partial charge in [-0.1, -0.05) is 35.9 Å². The van der Waals surface area contributed by atoms with Gasteiger partial charge in [0.15, 0.2) is 0 Å². The van der Waals surface area contributed by atoms with Crippen molar-refractivity contribution in [3.8, 4) is 0 Å². The monoisotopic (exact) mass is 292 g/mol. The van der Waals surface area contributed by atoms with Crippen molar-refractivity contribution < 1.29 is 14.3 Å². The summed E-state index contributed by atoms with van der Waals surface area (Å²) in [6, 6.07) is 13.3. The number of benzene rings is 2. The van der Waals surface area contributed by atoms with E-state index in [2.05, 4.69) is 0 Å². The van der Waals surface area contributed by atoms with E-state index in [0.717, 1.165) is 11.1 Å². The highest BCUT2D eigenvalue weighted by Gasteiger charge is 2.16. The molecule has 4 heteroatoms. The molecule has 2 rings (SSSR count). The molecule has 0 saturated carbocycles. The van der Waals surface area contributed by atoms with Crippen LogP contribution in [-0.2, 0) is 11.2 Å². The van der Waals surface area contributed by atoms with Gasteiger partial charge in [0.1, 0.15) is 5.82 Å². The summed E-state index contributed by atoms with van der Waals surface area (Å²) >= 11 is 5.84. The third-order valence-corrected chi connectivity index (χ3v) is 3.41. The van der Waals surface area contributed by atoms with Crippen molar-refractivity contribution in [2.24, 2.45) is 0 Å². The molecule has 0 aliphatic carbocycles. The van der Waals surface area contributed by atoms with Gasteiger partial charge in [0, 0.05) is 5.02 Å². The molecule has 0 heterocycles. The van der Waals surface area contributed by atoms with Crippen LogP contribution < -0.4 is 0 Å². The van der Waals surface area contributed by atoms with E-state index < -0.39 is 5.97 Å². The molecule has 104 valence electrons. The normalized spacial score (nSPS) is 12.1. The van der Waals surface area contributed by atoms with Crippen molar-refractivity contribution in [1.82, 2.24) is 0 Å². The summed E-state index contributed by atoms with van der Waals surface area (Å²) in [5, 5.41) is 9.65. The van der Waals surface area contributed by atoms with Gasteiger partial charge in [0.2, 0.25) is 0 Å². The summed E-state index contributed by atoms with van der Waals surface area (Å²) < 4.78 is 12.9. The lowest BCUT2D eigenvalue weighted by Crippen LogP contribution is -2.09. The summed E-state index contributed by atoms with van der Waals surface area (Å²) in [4.78, 5) is 11.0. The molecule has 0 aliphatic heterocycles. The van der Waals surface area contributed by atoms with Gasteiger partial charge in [-0.3, -0.25) is 4.79 Å². The third kappa shape index (κ3) is 4.07. The Balaban J connectivity index is 2.21. The van der Waals surface area contributed by atoms with Crippen LogP contribution >= 0.6 is 11.6 Å². The highest BCUT2D eigenvalue weighted by molar-refractivity contribution is 6.30. The molecule has 0 saturated heterocycles. The molecule has 0 aliphatic rings. The predicted molar refractivity (Wildman–Crippen MR) is 76.5 cm³/mol. The van der Waals surface area contributed by atoms with Crippen LogP contribution in [0.5, 0.6) is 0 Å². The molecule has 0 radical (unpaired) electrons. The first-order valence-electron chi connectivity index (χ1n) is 6.26. The largest absolute Gasteiger partial charge is 0.481 e. The summed E-state index contributed by atoms with van der Waals surface area (Å²) in [6.07, 6.45) is 0.577. The van der Waals surface area contributed by atoms with Crippen molar-refractivity contribution in [2.45, 2.75) is 18.8 Å². The van der Waals surface area contributed by atoms with Gasteiger partial charge in [-0.05, 0) is 47.7 Å². The quantitative estimate of drug-likeness (QED) is 0.893. The first kappa shape index (κ1) is 14.5. The molecule has 0 amide bonds. The van der Waals surface area contributed by atoms with Crippen molar-refractivity contribution in [3.05, 3.63) is 70.5 Å². The average molecular weight is 293 g/mol. The summed E-state index contributed by atoms with van der Waals surface area (Å²) in [5.41, 5.74) is 1.83. The zero-order chi connectivity index (χ0) is 14.5. The summed E-state index contributed by atoms with van der Waals surface area (Å²) in [6.45, 7) is 0. The first-order valence-corrected chi connectivity index (χ1v) is 6.64. The maximum atomic E-state index is 12.9. The van der Waals surface area contributed by atoms with Gasteiger partial charge in [0.05, 0.1) is 6.42 Å². The maximum Gasteiger partial charge on any atom is 0.303 e. The summed E-state index contributed by atoms with van der Waals surface area (Å²) in [7, 11) is 0. The third-order valence-electron chi connectivity index (χ3n) is 3.16. The Hall–Kier alpha value is -1.87. The maximum absolute atomic E-state index is 12.9. The minimum atomic E-state index is -0.855. The number of carbonyl (C=O) groups is 1. The van der Waals surface area contributed by atoms with Crippen LogP contribution in [0.25, 0.3) is 0 Å². The number of carboxylic acid groups (broad SMARTS) is 1. The van der Waals surface area contributed by atoms with Crippen molar-refractivity contribution >= 4 is 17.6 Å². The molecule has 0 fully saturated rings. The number of hydrogen-bond acceptors (Lipinski definition) is 1. The molecule has 1 atom stereocenters. The van der Waals surface area contributed by atoms with E-state index in [1.165, 1.54) is 12.1 Å². The fraction of sp³-hybridized carbons (Fsp3) is 0.188. The van der Waals surface area contributed by atoms with Crippen molar-refractivity contribution in [3.63, 3.8) is 0 Å². The molecule has 0 spiro atoms. The number of hydrogen-bond donors (Lipinski definition) is 1. The van der Waals surface area contributed by atoms with E-state index in [1.54, 1.807) is 24.3 Å². The lowest BCUT2D eigenvalue weighted by molar-refractivity contribution is -0.137. The second kappa shape index (κ2) is 6.53. The van der Waals surface area contributed by atoms with Crippen LogP contribution in [0, 0.1) is 5.82 Å². The Morgan fingerprint density at radius 2 is 1.70 bits per heavy atom. The topological polar surface area (TPSA) is 37.3 Å². The number of halogens is 2. The van der Waals surface area contributed by atoms with Crippen LogP contribution in [0.2, 0.25) is 5.02 Å². The molecule has 1 N–H and O–H groups in total. The van der Waals surface area contributed by atoms with Crippen molar-refractivity contribution in [1.29, 1.82) is 0 Å². The Morgan fingerprint density at radius 3 is 2.25 bits per heavy atom. The number of rotatable bonds is 5.